The Labute approximate surface area is 182 Å². The number of benzene rings is 1. The molecular formula is C22H27ClN4O3. The fourth-order valence-corrected chi connectivity index (χ4v) is 3.75. The van der Waals surface area contributed by atoms with Crippen LogP contribution in [0.1, 0.15) is 59.1 Å². The monoisotopic (exact) mass is 430 g/mol. The Balaban J connectivity index is 1.85. The lowest BCUT2D eigenvalue weighted by atomic mass is 10.0. The van der Waals surface area contributed by atoms with Crippen LogP contribution in [0.4, 0.5) is 5.69 Å². The van der Waals surface area contributed by atoms with Crippen LogP contribution in [0.3, 0.4) is 0 Å². The van der Waals surface area contributed by atoms with E-state index in [1.54, 1.807) is 18.7 Å². The molecule has 30 heavy (non-hydrogen) atoms. The molecule has 1 aliphatic rings. The summed E-state index contributed by atoms with van der Waals surface area (Å²) in [5.74, 6) is -0.400. The average Bonchev–Trinajstić information content (AvgIpc) is 2.72. The molecule has 0 unspecified atom stereocenters. The predicted molar refractivity (Wildman–Crippen MR) is 116 cm³/mol. The summed E-state index contributed by atoms with van der Waals surface area (Å²) in [5.41, 5.74) is 1.88. The lowest BCUT2D eigenvalue weighted by Crippen LogP contribution is -2.49. The number of hydrogen-bond donors (Lipinski definition) is 0. The van der Waals surface area contributed by atoms with Crippen LogP contribution < -0.4 is 4.90 Å². The van der Waals surface area contributed by atoms with Crippen molar-refractivity contribution in [3.05, 3.63) is 52.1 Å². The summed E-state index contributed by atoms with van der Waals surface area (Å²) in [4.78, 5) is 38.7. The number of nitrogens with zero attached hydrogens (tertiary/aromatic N) is 4. The van der Waals surface area contributed by atoms with E-state index in [0.717, 1.165) is 5.69 Å². The van der Waals surface area contributed by atoms with Crippen LogP contribution in [0, 0.1) is 6.92 Å². The summed E-state index contributed by atoms with van der Waals surface area (Å²) in [6.07, 6.45) is 0. The Bertz CT molecular complexity index is 940. The van der Waals surface area contributed by atoms with Crippen LogP contribution in [0.15, 0.2) is 24.3 Å². The molecule has 2 heterocycles. The number of esters is 1. The quantitative estimate of drug-likeness (QED) is 0.673. The number of amides is 1. The van der Waals surface area contributed by atoms with Crippen LogP contribution in [-0.2, 0) is 4.74 Å². The van der Waals surface area contributed by atoms with E-state index in [4.69, 9.17) is 16.3 Å². The van der Waals surface area contributed by atoms with Gasteiger partial charge in [-0.05, 0) is 38.0 Å². The lowest BCUT2D eigenvalue weighted by molar-refractivity contribution is 0.0514. The number of hydrogen-bond acceptors (Lipinski definition) is 6. The van der Waals surface area contributed by atoms with Crippen LogP contribution in [0.5, 0.6) is 0 Å². The SMILES string of the molecule is CCOC(=O)c1c(C(=O)N2CCN(c3cccc(Cl)c3)CC2)nc(C)nc1C(C)C. The molecule has 160 valence electrons. The molecule has 1 aromatic heterocycles. The van der Waals surface area contributed by atoms with Crippen molar-refractivity contribution in [2.24, 2.45) is 0 Å². The molecule has 1 saturated heterocycles. The van der Waals surface area contributed by atoms with Gasteiger partial charge < -0.3 is 14.5 Å². The summed E-state index contributed by atoms with van der Waals surface area (Å²) < 4.78 is 5.21. The highest BCUT2D eigenvalue weighted by molar-refractivity contribution is 6.30. The molecule has 0 spiro atoms. The molecule has 0 bridgehead atoms. The fourth-order valence-electron chi connectivity index (χ4n) is 3.56. The predicted octanol–water partition coefficient (Wildman–Crippen LogP) is 3.70. The molecule has 7 nitrogen and oxygen atoms in total. The smallest absolute Gasteiger partial charge is 0.342 e. The van der Waals surface area contributed by atoms with Crippen molar-refractivity contribution < 1.29 is 14.3 Å². The standard InChI is InChI=1S/C22H27ClN4O3/c1-5-30-22(29)18-19(14(2)3)24-15(4)25-20(18)21(28)27-11-9-26(10-12-27)17-8-6-7-16(23)13-17/h6-8,13-14H,5,9-12H2,1-4H3. The summed E-state index contributed by atoms with van der Waals surface area (Å²) in [6, 6.07) is 7.68. The minimum absolute atomic E-state index is 0.0441. The number of rotatable bonds is 5. The Morgan fingerprint density at radius 1 is 1.17 bits per heavy atom. The van der Waals surface area contributed by atoms with Crippen molar-refractivity contribution in [2.45, 2.75) is 33.6 Å². The minimum atomic E-state index is -0.554. The van der Waals surface area contributed by atoms with Crippen LogP contribution in [0.25, 0.3) is 0 Å². The minimum Gasteiger partial charge on any atom is -0.462 e. The van der Waals surface area contributed by atoms with E-state index in [2.05, 4.69) is 14.9 Å². The second-order valence-electron chi connectivity index (χ2n) is 7.51. The van der Waals surface area contributed by atoms with E-state index in [1.165, 1.54) is 0 Å². The Kier molecular flexibility index (Phi) is 6.92. The molecule has 8 heteroatoms. The number of aryl methyl sites for hydroxylation is 1. The maximum atomic E-state index is 13.3. The number of carbonyl (C=O) groups excluding carboxylic acids is 2. The maximum absolute atomic E-state index is 13.3. The largest absolute Gasteiger partial charge is 0.462 e. The Hall–Kier alpha value is -2.67. The number of piperazine rings is 1. The van der Waals surface area contributed by atoms with E-state index in [-0.39, 0.29) is 29.7 Å². The van der Waals surface area contributed by atoms with Crippen molar-refractivity contribution >= 4 is 29.2 Å². The first-order valence-corrected chi connectivity index (χ1v) is 10.5. The highest BCUT2D eigenvalue weighted by Gasteiger charge is 2.31. The topological polar surface area (TPSA) is 75.6 Å². The van der Waals surface area contributed by atoms with Crippen LogP contribution in [-0.4, -0.2) is 59.5 Å². The second kappa shape index (κ2) is 9.43. The third kappa shape index (κ3) is 4.73. The van der Waals surface area contributed by atoms with Crippen molar-refractivity contribution in [2.75, 3.05) is 37.7 Å². The molecule has 0 saturated carbocycles. The molecule has 0 N–H and O–H groups in total. The van der Waals surface area contributed by atoms with E-state index in [9.17, 15) is 9.59 Å². The summed E-state index contributed by atoms with van der Waals surface area (Å²) in [7, 11) is 0. The molecule has 1 aliphatic heterocycles. The van der Waals surface area contributed by atoms with Gasteiger partial charge in [0.2, 0.25) is 0 Å². The highest BCUT2D eigenvalue weighted by Crippen LogP contribution is 2.24. The van der Waals surface area contributed by atoms with Crippen LogP contribution >= 0.6 is 11.6 Å². The van der Waals surface area contributed by atoms with Gasteiger partial charge in [0.25, 0.3) is 5.91 Å². The van der Waals surface area contributed by atoms with Gasteiger partial charge in [-0.2, -0.15) is 0 Å². The normalized spacial score (nSPS) is 14.2. The summed E-state index contributed by atoms with van der Waals surface area (Å²) >= 11 is 6.10. The van der Waals surface area contributed by atoms with Gasteiger partial charge in [0.15, 0.2) is 0 Å². The number of ether oxygens (including phenoxy) is 1. The van der Waals surface area contributed by atoms with Gasteiger partial charge in [0.1, 0.15) is 17.1 Å². The first kappa shape index (κ1) is 22.0. The molecule has 1 amide bonds. The van der Waals surface area contributed by atoms with E-state index in [0.29, 0.717) is 42.7 Å². The second-order valence-corrected chi connectivity index (χ2v) is 7.95. The van der Waals surface area contributed by atoms with Gasteiger partial charge in [-0.1, -0.05) is 31.5 Å². The zero-order chi connectivity index (χ0) is 21.8. The zero-order valence-electron chi connectivity index (χ0n) is 17.8. The van der Waals surface area contributed by atoms with Gasteiger partial charge in [-0.15, -0.1) is 0 Å². The fraction of sp³-hybridized carbons (Fsp3) is 0.455. The molecule has 1 aromatic carbocycles. The molecule has 3 rings (SSSR count). The molecule has 0 radical (unpaired) electrons. The average molecular weight is 431 g/mol. The molecule has 1 fully saturated rings. The van der Waals surface area contributed by atoms with Crippen molar-refractivity contribution in [1.29, 1.82) is 0 Å². The van der Waals surface area contributed by atoms with Gasteiger partial charge in [-0.3, -0.25) is 4.79 Å². The van der Waals surface area contributed by atoms with E-state index < -0.39 is 5.97 Å². The van der Waals surface area contributed by atoms with Gasteiger partial charge in [0, 0.05) is 36.9 Å². The third-order valence-electron chi connectivity index (χ3n) is 5.02. The summed E-state index contributed by atoms with van der Waals surface area (Å²) in [5, 5.41) is 0.683. The molecule has 0 aliphatic carbocycles. The Morgan fingerprint density at radius 2 is 1.87 bits per heavy atom. The maximum Gasteiger partial charge on any atom is 0.342 e. The number of carbonyl (C=O) groups is 2. The number of halogens is 1. The van der Waals surface area contributed by atoms with Crippen molar-refractivity contribution in [3.63, 3.8) is 0 Å². The van der Waals surface area contributed by atoms with Crippen molar-refractivity contribution in [3.8, 4) is 0 Å². The third-order valence-corrected chi connectivity index (χ3v) is 5.25. The Morgan fingerprint density at radius 3 is 2.47 bits per heavy atom. The molecule has 0 atom stereocenters. The van der Waals surface area contributed by atoms with Gasteiger partial charge >= 0.3 is 5.97 Å². The molecule has 2 aromatic rings. The highest BCUT2D eigenvalue weighted by atomic mass is 35.5. The summed E-state index contributed by atoms with van der Waals surface area (Å²) in [6.45, 7) is 9.93. The number of anilines is 1. The number of aromatic nitrogens is 2. The zero-order valence-corrected chi connectivity index (χ0v) is 18.6. The first-order valence-electron chi connectivity index (χ1n) is 10.2. The molecular weight excluding hydrogens is 404 g/mol. The first-order chi connectivity index (χ1) is 14.3. The van der Waals surface area contributed by atoms with Crippen LogP contribution in [0.2, 0.25) is 5.02 Å². The van der Waals surface area contributed by atoms with Crippen molar-refractivity contribution in [1.82, 2.24) is 14.9 Å². The van der Waals surface area contributed by atoms with E-state index >= 15 is 0 Å². The van der Waals surface area contributed by atoms with Gasteiger partial charge in [0.05, 0.1) is 12.3 Å². The van der Waals surface area contributed by atoms with Gasteiger partial charge in [-0.25, -0.2) is 14.8 Å². The lowest BCUT2D eigenvalue weighted by Gasteiger charge is -2.36. The van der Waals surface area contributed by atoms with E-state index in [1.807, 2.05) is 38.1 Å².